The number of rotatable bonds is 2. The highest BCUT2D eigenvalue weighted by Gasteiger charge is 1.93. The number of hydrogen-bond acceptors (Lipinski definition) is 1. The molecular formula is C6H9IN2. The van der Waals surface area contributed by atoms with Gasteiger partial charge >= 0.3 is 0 Å². The summed E-state index contributed by atoms with van der Waals surface area (Å²) in [5.74, 6) is 0. The standard InChI is InChI=1S/C6H9IN2/c1-9-5-8-4-6(9)2-3-7/h4-5H,2-3H2,1H3. The summed E-state index contributed by atoms with van der Waals surface area (Å²) in [6.07, 6.45) is 4.87. The van der Waals surface area contributed by atoms with E-state index in [1.54, 1.807) is 0 Å². The van der Waals surface area contributed by atoms with E-state index in [1.165, 1.54) is 5.69 Å². The SMILES string of the molecule is Cn1cncc1CCI. The first kappa shape index (κ1) is 7.05. The first-order chi connectivity index (χ1) is 4.34. The van der Waals surface area contributed by atoms with Gasteiger partial charge in [-0.3, -0.25) is 0 Å². The highest BCUT2D eigenvalue weighted by Crippen LogP contribution is 1.98. The molecule has 0 saturated heterocycles. The largest absolute Gasteiger partial charge is 0.338 e. The third-order valence-corrected chi connectivity index (χ3v) is 1.81. The molecule has 1 heterocycles. The Labute approximate surface area is 68.4 Å². The van der Waals surface area contributed by atoms with Crippen molar-refractivity contribution < 1.29 is 0 Å². The van der Waals surface area contributed by atoms with Crippen molar-refractivity contribution in [2.45, 2.75) is 6.42 Å². The van der Waals surface area contributed by atoms with E-state index in [0.29, 0.717) is 0 Å². The van der Waals surface area contributed by atoms with Crippen LogP contribution in [0.25, 0.3) is 0 Å². The molecule has 1 aromatic rings. The van der Waals surface area contributed by atoms with Gasteiger partial charge in [0.15, 0.2) is 0 Å². The van der Waals surface area contributed by atoms with E-state index in [0.717, 1.165) is 10.8 Å². The van der Waals surface area contributed by atoms with Gasteiger partial charge in [0.25, 0.3) is 0 Å². The fourth-order valence-electron chi connectivity index (χ4n) is 0.722. The second-order valence-corrected chi connectivity index (χ2v) is 3.01. The van der Waals surface area contributed by atoms with Crippen LogP contribution in [0, 0.1) is 0 Å². The Bertz CT molecular complexity index is 183. The van der Waals surface area contributed by atoms with E-state index in [2.05, 4.69) is 32.1 Å². The summed E-state index contributed by atoms with van der Waals surface area (Å²) in [7, 11) is 2.02. The Morgan fingerprint density at radius 2 is 2.56 bits per heavy atom. The molecule has 0 saturated carbocycles. The maximum atomic E-state index is 4.00. The van der Waals surface area contributed by atoms with Crippen molar-refractivity contribution in [2.75, 3.05) is 4.43 Å². The molecule has 0 bridgehead atoms. The van der Waals surface area contributed by atoms with Crippen molar-refractivity contribution in [3.05, 3.63) is 18.2 Å². The summed E-state index contributed by atoms with van der Waals surface area (Å²) < 4.78 is 3.22. The van der Waals surface area contributed by atoms with Crippen LogP contribution in [-0.4, -0.2) is 14.0 Å². The van der Waals surface area contributed by atoms with E-state index in [9.17, 15) is 0 Å². The topological polar surface area (TPSA) is 17.8 Å². The minimum Gasteiger partial charge on any atom is -0.338 e. The van der Waals surface area contributed by atoms with Gasteiger partial charge in [0, 0.05) is 23.4 Å². The zero-order chi connectivity index (χ0) is 6.69. The number of imidazole rings is 1. The van der Waals surface area contributed by atoms with Crippen molar-refractivity contribution in [1.82, 2.24) is 9.55 Å². The first-order valence-corrected chi connectivity index (χ1v) is 4.38. The van der Waals surface area contributed by atoms with Crippen LogP contribution in [0.4, 0.5) is 0 Å². The molecule has 9 heavy (non-hydrogen) atoms. The molecule has 1 rings (SSSR count). The minimum atomic E-state index is 1.12. The van der Waals surface area contributed by atoms with Crippen molar-refractivity contribution in [2.24, 2.45) is 7.05 Å². The van der Waals surface area contributed by atoms with Crippen LogP contribution in [0.3, 0.4) is 0 Å². The molecule has 0 aliphatic carbocycles. The van der Waals surface area contributed by atoms with Crippen LogP contribution in [0.1, 0.15) is 5.69 Å². The lowest BCUT2D eigenvalue weighted by Crippen LogP contribution is -1.94. The molecule has 3 heteroatoms. The zero-order valence-corrected chi connectivity index (χ0v) is 7.50. The lowest BCUT2D eigenvalue weighted by atomic mass is 10.4. The summed E-state index contributed by atoms with van der Waals surface area (Å²) in [4.78, 5) is 4.00. The normalized spacial score (nSPS) is 10.0. The first-order valence-electron chi connectivity index (χ1n) is 2.85. The van der Waals surface area contributed by atoms with Crippen LogP contribution in [0.2, 0.25) is 0 Å². The molecule has 0 atom stereocenters. The van der Waals surface area contributed by atoms with Crippen LogP contribution >= 0.6 is 22.6 Å². The fraction of sp³-hybridized carbons (Fsp3) is 0.500. The third kappa shape index (κ3) is 1.67. The van der Waals surface area contributed by atoms with Gasteiger partial charge in [-0.05, 0) is 6.42 Å². The third-order valence-electron chi connectivity index (χ3n) is 1.27. The van der Waals surface area contributed by atoms with Gasteiger partial charge in [-0.25, -0.2) is 4.98 Å². The Balaban J connectivity index is 2.69. The van der Waals surface area contributed by atoms with E-state index < -0.39 is 0 Å². The molecule has 0 radical (unpaired) electrons. The van der Waals surface area contributed by atoms with Gasteiger partial charge in [0.1, 0.15) is 0 Å². The molecule has 50 valence electrons. The van der Waals surface area contributed by atoms with E-state index in [1.807, 2.05) is 19.6 Å². The average molecular weight is 236 g/mol. The number of hydrogen-bond donors (Lipinski definition) is 0. The van der Waals surface area contributed by atoms with Gasteiger partial charge in [-0.2, -0.15) is 0 Å². The molecule has 0 aliphatic heterocycles. The molecule has 0 fully saturated rings. The minimum absolute atomic E-state index is 1.12. The smallest absolute Gasteiger partial charge is 0.0945 e. The predicted octanol–water partition coefficient (Wildman–Crippen LogP) is 1.40. The van der Waals surface area contributed by atoms with Crippen LogP contribution in [-0.2, 0) is 13.5 Å². The van der Waals surface area contributed by atoms with Crippen molar-refractivity contribution in [3.8, 4) is 0 Å². The van der Waals surface area contributed by atoms with Crippen LogP contribution in [0.15, 0.2) is 12.5 Å². The zero-order valence-electron chi connectivity index (χ0n) is 5.34. The van der Waals surface area contributed by atoms with E-state index in [4.69, 9.17) is 0 Å². The van der Waals surface area contributed by atoms with Crippen molar-refractivity contribution >= 4 is 22.6 Å². The van der Waals surface area contributed by atoms with Gasteiger partial charge in [0.2, 0.25) is 0 Å². The van der Waals surface area contributed by atoms with Crippen molar-refractivity contribution in [1.29, 1.82) is 0 Å². The number of nitrogens with zero attached hydrogens (tertiary/aromatic N) is 2. The molecule has 0 aromatic carbocycles. The number of alkyl halides is 1. The average Bonchev–Trinajstić information content (AvgIpc) is 2.18. The molecule has 0 N–H and O–H groups in total. The summed E-state index contributed by atoms with van der Waals surface area (Å²) >= 11 is 2.36. The Kier molecular flexibility index (Phi) is 2.50. The maximum absolute atomic E-state index is 4.00. The van der Waals surface area contributed by atoms with E-state index in [-0.39, 0.29) is 0 Å². The molecule has 0 aliphatic rings. The fourth-order valence-corrected chi connectivity index (χ4v) is 1.27. The molecule has 0 spiro atoms. The highest BCUT2D eigenvalue weighted by molar-refractivity contribution is 14.1. The van der Waals surface area contributed by atoms with Gasteiger partial charge in [-0.1, -0.05) is 22.6 Å². The Morgan fingerprint density at radius 1 is 1.78 bits per heavy atom. The Morgan fingerprint density at radius 3 is 3.00 bits per heavy atom. The number of halogens is 1. The molecule has 0 amide bonds. The van der Waals surface area contributed by atoms with Gasteiger partial charge in [0.05, 0.1) is 6.33 Å². The summed E-state index contributed by atoms with van der Waals surface area (Å²) in [6.45, 7) is 0. The molecule has 2 nitrogen and oxygen atoms in total. The maximum Gasteiger partial charge on any atom is 0.0945 e. The predicted molar refractivity (Wildman–Crippen MR) is 45.8 cm³/mol. The summed E-state index contributed by atoms with van der Waals surface area (Å²) in [6, 6.07) is 0. The molecular weight excluding hydrogens is 227 g/mol. The summed E-state index contributed by atoms with van der Waals surface area (Å²) in [5, 5.41) is 0. The second-order valence-electron chi connectivity index (χ2n) is 1.93. The highest BCUT2D eigenvalue weighted by atomic mass is 127. The van der Waals surface area contributed by atoms with Gasteiger partial charge < -0.3 is 4.57 Å². The summed E-state index contributed by atoms with van der Waals surface area (Å²) in [5.41, 5.74) is 1.31. The van der Waals surface area contributed by atoms with Crippen molar-refractivity contribution in [3.63, 3.8) is 0 Å². The Hall–Kier alpha value is -0.0600. The molecule has 0 unspecified atom stereocenters. The van der Waals surface area contributed by atoms with E-state index >= 15 is 0 Å². The quantitative estimate of drug-likeness (QED) is 0.560. The van der Waals surface area contributed by atoms with Crippen LogP contribution in [0.5, 0.6) is 0 Å². The van der Waals surface area contributed by atoms with Gasteiger partial charge in [-0.15, -0.1) is 0 Å². The van der Waals surface area contributed by atoms with Crippen LogP contribution < -0.4 is 0 Å². The lowest BCUT2D eigenvalue weighted by Gasteiger charge is -1.95. The lowest BCUT2D eigenvalue weighted by molar-refractivity contribution is 0.839. The molecule has 1 aromatic heterocycles. The number of aryl methyl sites for hydroxylation is 2. The number of aromatic nitrogens is 2. The second kappa shape index (κ2) is 3.20. The monoisotopic (exact) mass is 236 g/mol.